The maximum atomic E-state index is 3.55. The minimum Gasteiger partial charge on any atom is -0.380 e. The van der Waals surface area contributed by atoms with E-state index >= 15 is 0 Å². The molecule has 0 fully saturated rings. The van der Waals surface area contributed by atoms with Crippen LogP contribution in [0.5, 0.6) is 0 Å². The number of hydrogen-bond donors (Lipinski definition) is 1. The van der Waals surface area contributed by atoms with Gasteiger partial charge in [0, 0.05) is 41.3 Å². The normalized spacial score (nSPS) is 10.9. The molecule has 0 saturated heterocycles. The number of hydrogen-bond acceptors (Lipinski definition) is 2. The van der Waals surface area contributed by atoms with Gasteiger partial charge in [-0.1, -0.05) is 30.3 Å². The highest BCUT2D eigenvalue weighted by Gasteiger charge is 2.06. The Morgan fingerprint density at radius 2 is 1.80 bits per heavy atom. The Bertz CT molecular complexity index is 731. The van der Waals surface area contributed by atoms with Crippen LogP contribution in [0.25, 0.3) is 10.9 Å². The maximum absolute atomic E-state index is 3.55. The quantitative estimate of drug-likeness (QED) is 0.709. The van der Waals surface area contributed by atoms with Gasteiger partial charge >= 0.3 is 0 Å². The molecule has 0 aliphatic carbocycles. The lowest BCUT2D eigenvalue weighted by atomic mass is 10.2. The summed E-state index contributed by atoms with van der Waals surface area (Å²) >= 11 is 1.77. The molecule has 20 heavy (non-hydrogen) atoms. The van der Waals surface area contributed by atoms with Crippen LogP contribution in [0.1, 0.15) is 5.56 Å². The molecule has 3 heteroatoms. The molecule has 0 aliphatic rings. The molecule has 0 radical (unpaired) electrons. The minimum absolute atomic E-state index is 0.846. The third-order valence-electron chi connectivity index (χ3n) is 3.56. The molecule has 3 aromatic rings. The largest absolute Gasteiger partial charge is 0.380 e. The summed E-state index contributed by atoms with van der Waals surface area (Å²) in [5.74, 6) is 0. The van der Waals surface area contributed by atoms with Crippen LogP contribution in [0, 0.1) is 0 Å². The second-order valence-corrected chi connectivity index (χ2v) is 5.68. The van der Waals surface area contributed by atoms with Crippen molar-refractivity contribution < 1.29 is 0 Å². The fourth-order valence-corrected chi connectivity index (χ4v) is 3.12. The maximum Gasteiger partial charge on any atom is 0.0481 e. The molecule has 1 heterocycles. The van der Waals surface area contributed by atoms with Gasteiger partial charge in [0.2, 0.25) is 0 Å². The van der Waals surface area contributed by atoms with Gasteiger partial charge in [-0.2, -0.15) is 0 Å². The van der Waals surface area contributed by atoms with E-state index in [1.54, 1.807) is 11.8 Å². The molecule has 0 atom stereocenters. The van der Waals surface area contributed by atoms with E-state index in [2.05, 4.69) is 77.9 Å². The van der Waals surface area contributed by atoms with Crippen molar-refractivity contribution in [1.82, 2.24) is 4.57 Å². The molecule has 1 aromatic heterocycles. The number of aromatic nitrogens is 1. The predicted octanol–water partition coefficient (Wildman–Crippen LogP) is 4.51. The minimum atomic E-state index is 0.846. The Morgan fingerprint density at radius 3 is 2.65 bits per heavy atom. The van der Waals surface area contributed by atoms with E-state index in [0.717, 1.165) is 6.54 Å². The summed E-state index contributed by atoms with van der Waals surface area (Å²) in [7, 11) is 2.10. The van der Waals surface area contributed by atoms with Crippen LogP contribution in [-0.4, -0.2) is 10.8 Å². The third kappa shape index (κ3) is 2.41. The SMILES string of the molecule is CSc1ccccc1NCc1cn(C)c2ccccc12. The van der Waals surface area contributed by atoms with Gasteiger partial charge in [0.25, 0.3) is 0 Å². The smallest absolute Gasteiger partial charge is 0.0481 e. The molecule has 3 rings (SSSR count). The van der Waals surface area contributed by atoms with Crippen LogP contribution < -0.4 is 5.32 Å². The number of fused-ring (bicyclic) bond motifs is 1. The number of para-hydroxylation sites is 2. The van der Waals surface area contributed by atoms with E-state index in [4.69, 9.17) is 0 Å². The van der Waals surface area contributed by atoms with Crippen LogP contribution in [-0.2, 0) is 13.6 Å². The van der Waals surface area contributed by atoms with E-state index in [-0.39, 0.29) is 0 Å². The summed E-state index contributed by atoms with van der Waals surface area (Å²) in [5.41, 5.74) is 3.81. The molecule has 0 saturated carbocycles. The van der Waals surface area contributed by atoms with Crippen molar-refractivity contribution in [2.75, 3.05) is 11.6 Å². The fraction of sp³-hybridized carbons (Fsp3) is 0.176. The zero-order chi connectivity index (χ0) is 13.9. The summed E-state index contributed by atoms with van der Waals surface area (Å²) in [5, 5.41) is 4.88. The van der Waals surface area contributed by atoms with Crippen LogP contribution in [0.3, 0.4) is 0 Å². The molecule has 2 aromatic carbocycles. The van der Waals surface area contributed by atoms with Crippen molar-refractivity contribution in [2.45, 2.75) is 11.4 Å². The standard InChI is InChI=1S/C17H18N2S/c1-19-12-13(14-7-3-5-9-16(14)19)11-18-15-8-4-6-10-17(15)20-2/h3-10,12,18H,11H2,1-2H3. The second-order valence-electron chi connectivity index (χ2n) is 4.84. The summed E-state index contributed by atoms with van der Waals surface area (Å²) < 4.78 is 2.19. The number of nitrogens with one attached hydrogen (secondary N) is 1. The number of aryl methyl sites for hydroxylation is 1. The Hall–Kier alpha value is -1.87. The van der Waals surface area contributed by atoms with Crippen molar-refractivity contribution in [3.8, 4) is 0 Å². The zero-order valence-corrected chi connectivity index (χ0v) is 12.6. The van der Waals surface area contributed by atoms with E-state index in [1.165, 1.54) is 27.0 Å². The van der Waals surface area contributed by atoms with E-state index in [0.29, 0.717) is 0 Å². The number of nitrogens with zero attached hydrogens (tertiary/aromatic N) is 1. The predicted molar refractivity (Wildman–Crippen MR) is 88.5 cm³/mol. The van der Waals surface area contributed by atoms with Crippen molar-refractivity contribution in [3.05, 3.63) is 60.3 Å². The van der Waals surface area contributed by atoms with E-state index < -0.39 is 0 Å². The molecule has 0 bridgehead atoms. The van der Waals surface area contributed by atoms with Gasteiger partial charge in [0.15, 0.2) is 0 Å². The lowest BCUT2D eigenvalue weighted by Gasteiger charge is -2.09. The fourth-order valence-electron chi connectivity index (χ4n) is 2.55. The van der Waals surface area contributed by atoms with Crippen molar-refractivity contribution in [2.24, 2.45) is 7.05 Å². The number of anilines is 1. The first-order chi connectivity index (χ1) is 9.79. The Kier molecular flexibility index (Phi) is 3.70. The summed E-state index contributed by atoms with van der Waals surface area (Å²) in [6, 6.07) is 17.0. The van der Waals surface area contributed by atoms with Crippen LogP contribution in [0.2, 0.25) is 0 Å². The lowest BCUT2D eigenvalue weighted by molar-refractivity contribution is 0.955. The third-order valence-corrected chi connectivity index (χ3v) is 4.35. The Labute approximate surface area is 123 Å². The van der Waals surface area contributed by atoms with Crippen molar-refractivity contribution >= 4 is 28.4 Å². The highest BCUT2D eigenvalue weighted by molar-refractivity contribution is 7.98. The Morgan fingerprint density at radius 1 is 1.05 bits per heavy atom. The molecular formula is C17H18N2S. The average Bonchev–Trinajstić information content (AvgIpc) is 2.82. The summed E-state index contributed by atoms with van der Waals surface area (Å²) in [6.45, 7) is 0.846. The van der Waals surface area contributed by atoms with Crippen LogP contribution >= 0.6 is 11.8 Å². The molecule has 0 spiro atoms. The highest BCUT2D eigenvalue weighted by atomic mass is 32.2. The molecule has 102 valence electrons. The highest BCUT2D eigenvalue weighted by Crippen LogP contribution is 2.26. The molecule has 0 unspecified atom stereocenters. The average molecular weight is 282 g/mol. The molecular weight excluding hydrogens is 264 g/mol. The van der Waals surface area contributed by atoms with E-state index in [1.807, 2.05) is 0 Å². The molecule has 2 nitrogen and oxygen atoms in total. The summed E-state index contributed by atoms with van der Waals surface area (Å²) in [4.78, 5) is 1.28. The zero-order valence-electron chi connectivity index (χ0n) is 11.8. The second kappa shape index (κ2) is 5.63. The monoisotopic (exact) mass is 282 g/mol. The first-order valence-electron chi connectivity index (χ1n) is 6.69. The molecule has 0 aliphatic heterocycles. The molecule has 1 N–H and O–H groups in total. The van der Waals surface area contributed by atoms with Gasteiger partial charge in [0.05, 0.1) is 0 Å². The topological polar surface area (TPSA) is 17.0 Å². The Balaban J connectivity index is 1.87. The van der Waals surface area contributed by atoms with Gasteiger partial charge in [-0.15, -0.1) is 11.8 Å². The first-order valence-corrected chi connectivity index (χ1v) is 7.92. The van der Waals surface area contributed by atoms with Crippen LogP contribution in [0.4, 0.5) is 5.69 Å². The van der Waals surface area contributed by atoms with Crippen molar-refractivity contribution in [3.63, 3.8) is 0 Å². The summed E-state index contributed by atoms with van der Waals surface area (Å²) in [6.07, 6.45) is 4.32. The number of thioether (sulfide) groups is 1. The van der Waals surface area contributed by atoms with Gasteiger partial charge in [-0.3, -0.25) is 0 Å². The van der Waals surface area contributed by atoms with Gasteiger partial charge in [-0.25, -0.2) is 0 Å². The van der Waals surface area contributed by atoms with Gasteiger partial charge < -0.3 is 9.88 Å². The number of rotatable bonds is 4. The first kappa shape index (κ1) is 13.1. The van der Waals surface area contributed by atoms with Gasteiger partial charge in [0.1, 0.15) is 0 Å². The van der Waals surface area contributed by atoms with Gasteiger partial charge in [-0.05, 0) is 30.0 Å². The molecule has 0 amide bonds. The van der Waals surface area contributed by atoms with Crippen molar-refractivity contribution in [1.29, 1.82) is 0 Å². The lowest BCUT2D eigenvalue weighted by Crippen LogP contribution is -1.99. The van der Waals surface area contributed by atoms with E-state index in [9.17, 15) is 0 Å². The van der Waals surface area contributed by atoms with Crippen LogP contribution in [0.15, 0.2) is 59.6 Å². The number of benzene rings is 2.